The van der Waals surface area contributed by atoms with Gasteiger partial charge in [-0.1, -0.05) is 85.8 Å². The molecule has 5 nitrogen and oxygen atoms in total. The fourth-order valence-electron chi connectivity index (χ4n) is 3.35. The van der Waals surface area contributed by atoms with Crippen molar-refractivity contribution in [3.8, 4) is 0 Å². The highest BCUT2D eigenvalue weighted by atomic mass is 16.5. The van der Waals surface area contributed by atoms with Gasteiger partial charge in [-0.2, -0.15) is 0 Å². The number of ether oxygens (including phenoxy) is 1. The Balaban J connectivity index is 1.59. The van der Waals surface area contributed by atoms with Crippen LogP contribution in [0.3, 0.4) is 0 Å². The van der Waals surface area contributed by atoms with E-state index in [0.29, 0.717) is 0 Å². The minimum Gasteiger partial charge on any atom is -0.359 e. The molecule has 0 bridgehead atoms. The molecular formula is C26H28N2O3. The van der Waals surface area contributed by atoms with Crippen LogP contribution in [0.5, 0.6) is 0 Å². The molecule has 0 spiro atoms. The van der Waals surface area contributed by atoms with Gasteiger partial charge in [-0.3, -0.25) is 9.59 Å². The molecule has 0 heterocycles. The monoisotopic (exact) mass is 416 g/mol. The first kappa shape index (κ1) is 22.2. The van der Waals surface area contributed by atoms with Gasteiger partial charge >= 0.3 is 0 Å². The average molecular weight is 417 g/mol. The second-order valence-electron chi connectivity index (χ2n) is 7.32. The van der Waals surface area contributed by atoms with Gasteiger partial charge in [0.25, 0.3) is 0 Å². The van der Waals surface area contributed by atoms with E-state index in [9.17, 15) is 9.59 Å². The largest absolute Gasteiger partial charge is 0.359 e. The number of carbonyl (C=O) groups is 2. The molecule has 2 amide bonds. The molecule has 3 rings (SSSR count). The standard InChI is InChI=1S/C26H28N2O3/c1-3-20-12-10-11-17-23(20)27-24(29)18-28(2)25(30)19-31-26(21-13-6-4-7-14-21)22-15-8-5-9-16-22/h4-17,26H,3,18-19H2,1-2H3,(H,27,29). The van der Waals surface area contributed by atoms with Crippen LogP contribution in [-0.2, 0) is 20.7 Å². The number of hydrogen-bond donors (Lipinski definition) is 1. The van der Waals surface area contributed by atoms with E-state index in [-0.39, 0.29) is 31.1 Å². The Morgan fingerprint density at radius 1 is 0.871 bits per heavy atom. The summed E-state index contributed by atoms with van der Waals surface area (Å²) in [5.74, 6) is -0.491. The van der Waals surface area contributed by atoms with Crippen LogP contribution in [0.1, 0.15) is 29.7 Å². The number of nitrogens with one attached hydrogen (secondary N) is 1. The number of rotatable bonds is 9. The summed E-state index contributed by atoms with van der Waals surface area (Å²) in [5.41, 5.74) is 3.78. The van der Waals surface area contributed by atoms with Gasteiger partial charge < -0.3 is 15.0 Å². The normalized spacial score (nSPS) is 10.7. The summed E-state index contributed by atoms with van der Waals surface area (Å²) in [6, 6.07) is 27.2. The van der Waals surface area contributed by atoms with E-state index in [1.54, 1.807) is 7.05 Å². The molecule has 0 unspecified atom stereocenters. The molecule has 3 aromatic rings. The Bertz CT molecular complexity index is 950. The highest BCUT2D eigenvalue weighted by Gasteiger charge is 2.19. The van der Waals surface area contributed by atoms with Crippen molar-refractivity contribution in [2.75, 3.05) is 25.5 Å². The molecule has 160 valence electrons. The predicted octanol–water partition coefficient (Wildman–Crippen LogP) is 4.45. The fourth-order valence-corrected chi connectivity index (χ4v) is 3.35. The lowest BCUT2D eigenvalue weighted by Gasteiger charge is -2.22. The van der Waals surface area contributed by atoms with Gasteiger partial charge in [0.05, 0.1) is 6.54 Å². The van der Waals surface area contributed by atoms with Gasteiger partial charge in [-0.05, 0) is 29.2 Å². The van der Waals surface area contributed by atoms with Crippen molar-refractivity contribution in [3.05, 3.63) is 102 Å². The number of para-hydroxylation sites is 1. The van der Waals surface area contributed by atoms with Gasteiger partial charge in [-0.25, -0.2) is 0 Å². The number of benzene rings is 3. The zero-order valence-electron chi connectivity index (χ0n) is 18.0. The number of amides is 2. The maximum absolute atomic E-state index is 12.6. The Labute approximate surface area is 183 Å². The highest BCUT2D eigenvalue weighted by molar-refractivity contribution is 5.95. The van der Waals surface area contributed by atoms with Gasteiger partial charge in [0, 0.05) is 12.7 Å². The van der Waals surface area contributed by atoms with Crippen molar-refractivity contribution >= 4 is 17.5 Å². The Kier molecular flexibility index (Phi) is 7.96. The van der Waals surface area contributed by atoms with Crippen molar-refractivity contribution in [2.24, 2.45) is 0 Å². The molecule has 5 heteroatoms. The first-order chi connectivity index (χ1) is 15.1. The third-order valence-corrected chi connectivity index (χ3v) is 5.06. The maximum atomic E-state index is 12.6. The second-order valence-corrected chi connectivity index (χ2v) is 7.32. The average Bonchev–Trinajstić information content (AvgIpc) is 2.80. The zero-order chi connectivity index (χ0) is 22.1. The number of aryl methyl sites for hydroxylation is 1. The van der Waals surface area contributed by atoms with E-state index in [1.807, 2.05) is 91.9 Å². The molecule has 0 aliphatic rings. The minimum atomic E-state index is -0.356. The summed E-state index contributed by atoms with van der Waals surface area (Å²) in [7, 11) is 1.61. The SMILES string of the molecule is CCc1ccccc1NC(=O)CN(C)C(=O)COC(c1ccccc1)c1ccccc1. The second kappa shape index (κ2) is 11.1. The Hall–Kier alpha value is -3.44. The van der Waals surface area contributed by atoms with Gasteiger partial charge in [0.1, 0.15) is 12.7 Å². The summed E-state index contributed by atoms with van der Waals surface area (Å²) in [6.45, 7) is 1.87. The van der Waals surface area contributed by atoms with E-state index in [4.69, 9.17) is 4.74 Å². The summed E-state index contributed by atoms with van der Waals surface area (Å²) < 4.78 is 6.01. The van der Waals surface area contributed by atoms with Crippen molar-refractivity contribution in [3.63, 3.8) is 0 Å². The number of hydrogen-bond acceptors (Lipinski definition) is 3. The zero-order valence-corrected chi connectivity index (χ0v) is 18.0. The maximum Gasteiger partial charge on any atom is 0.248 e. The van der Waals surface area contributed by atoms with Crippen molar-refractivity contribution < 1.29 is 14.3 Å². The van der Waals surface area contributed by atoms with Crippen LogP contribution in [0, 0.1) is 0 Å². The van der Waals surface area contributed by atoms with E-state index in [0.717, 1.165) is 28.8 Å². The minimum absolute atomic E-state index is 0.0401. The van der Waals surface area contributed by atoms with Crippen LogP contribution in [0.2, 0.25) is 0 Å². The van der Waals surface area contributed by atoms with Gasteiger partial charge in [0.2, 0.25) is 11.8 Å². The summed E-state index contributed by atoms with van der Waals surface area (Å²) in [6.07, 6.45) is 0.462. The molecular weight excluding hydrogens is 388 g/mol. The quantitative estimate of drug-likeness (QED) is 0.561. The highest BCUT2D eigenvalue weighted by Crippen LogP contribution is 2.25. The topological polar surface area (TPSA) is 58.6 Å². The van der Waals surface area contributed by atoms with E-state index >= 15 is 0 Å². The lowest BCUT2D eigenvalue weighted by Crippen LogP contribution is -2.37. The van der Waals surface area contributed by atoms with Crippen molar-refractivity contribution in [1.82, 2.24) is 4.90 Å². The number of carbonyl (C=O) groups excluding carboxylic acids is 2. The number of likely N-dealkylation sites (N-methyl/N-ethyl adjacent to an activating group) is 1. The fraction of sp³-hybridized carbons (Fsp3) is 0.231. The number of anilines is 1. The summed E-state index contributed by atoms with van der Waals surface area (Å²) in [5, 5.41) is 2.89. The Morgan fingerprint density at radius 2 is 1.42 bits per heavy atom. The third kappa shape index (κ3) is 6.27. The smallest absolute Gasteiger partial charge is 0.248 e. The van der Waals surface area contributed by atoms with Crippen LogP contribution in [0.25, 0.3) is 0 Å². The third-order valence-electron chi connectivity index (χ3n) is 5.06. The lowest BCUT2D eigenvalue weighted by molar-refractivity contribution is -0.138. The molecule has 0 fully saturated rings. The van der Waals surface area contributed by atoms with Crippen LogP contribution in [0.15, 0.2) is 84.9 Å². The molecule has 0 aliphatic carbocycles. The van der Waals surface area contributed by atoms with Gasteiger partial charge in [-0.15, -0.1) is 0 Å². The molecule has 0 aromatic heterocycles. The van der Waals surface area contributed by atoms with Crippen molar-refractivity contribution in [1.29, 1.82) is 0 Å². The van der Waals surface area contributed by atoms with Crippen LogP contribution in [0.4, 0.5) is 5.69 Å². The molecule has 31 heavy (non-hydrogen) atoms. The number of nitrogens with zero attached hydrogens (tertiary/aromatic N) is 1. The molecule has 0 radical (unpaired) electrons. The molecule has 0 saturated carbocycles. The predicted molar refractivity (Wildman–Crippen MR) is 123 cm³/mol. The van der Waals surface area contributed by atoms with E-state index in [1.165, 1.54) is 4.90 Å². The van der Waals surface area contributed by atoms with Crippen LogP contribution in [-0.4, -0.2) is 36.9 Å². The molecule has 1 N–H and O–H groups in total. The summed E-state index contributed by atoms with van der Waals surface area (Å²) >= 11 is 0. The van der Waals surface area contributed by atoms with E-state index in [2.05, 4.69) is 5.32 Å². The Morgan fingerprint density at radius 3 is 2.00 bits per heavy atom. The van der Waals surface area contributed by atoms with Crippen LogP contribution >= 0.6 is 0 Å². The van der Waals surface area contributed by atoms with Gasteiger partial charge in [0.15, 0.2) is 0 Å². The van der Waals surface area contributed by atoms with Crippen LogP contribution < -0.4 is 5.32 Å². The lowest BCUT2D eigenvalue weighted by atomic mass is 10.0. The molecule has 0 saturated heterocycles. The molecule has 3 aromatic carbocycles. The summed E-state index contributed by atoms with van der Waals surface area (Å²) in [4.78, 5) is 26.5. The van der Waals surface area contributed by atoms with Crippen molar-refractivity contribution in [2.45, 2.75) is 19.4 Å². The molecule has 0 aliphatic heterocycles. The first-order valence-corrected chi connectivity index (χ1v) is 10.4. The van der Waals surface area contributed by atoms with E-state index < -0.39 is 0 Å². The molecule has 0 atom stereocenters. The first-order valence-electron chi connectivity index (χ1n) is 10.4.